The van der Waals surface area contributed by atoms with Crippen molar-refractivity contribution in [1.82, 2.24) is 0 Å². The van der Waals surface area contributed by atoms with E-state index in [0.29, 0.717) is 11.3 Å². The minimum absolute atomic E-state index is 0.0645. The van der Waals surface area contributed by atoms with Crippen LogP contribution in [0.5, 0.6) is 17.2 Å². The number of phenols is 1. The van der Waals surface area contributed by atoms with Gasteiger partial charge >= 0.3 is 5.97 Å². The van der Waals surface area contributed by atoms with Crippen LogP contribution in [0.1, 0.15) is 22.1 Å². The lowest BCUT2D eigenvalue weighted by molar-refractivity contribution is -0.384. The molecule has 0 amide bonds. The van der Waals surface area contributed by atoms with E-state index in [4.69, 9.17) is 14.2 Å². The number of benzene rings is 2. The molecule has 0 unspecified atom stereocenters. The number of nitrogens with zero attached hydrogens (tertiary/aromatic N) is 1. The van der Waals surface area contributed by atoms with E-state index in [1.807, 2.05) is 0 Å². The van der Waals surface area contributed by atoms with Gasteiger partial charge in [0.15, 0.2) is 11.5 Å². The number of carbonyl (C=O) groups is 1. The Labute approximate surface area is 141 Å². The minimum Gasteiger partial charge on any atom is -0.506 e. The number of nitro benzene ring substituents is 1. The summed E-state index contributed by atoms with van der Waals surface area (Å²) in [5, 5.41) is 23.6. The Kier molecular flexibility index (Phi) is 4.05. The zero-order valence-corrected chi connectivity index (χ0v) is 13.3. The Bertz CT molecular complexity index is 866. The highest BCUT2D eigenvalue weighted by atomic mass is 16.6. The van der Waals surface area contributed by atoms with Crippen LogP contribution in [-0.2, 0) is 4.74 Å². The standard InChI is InChI=1S/C16H14N2O7/c1-23-12-6-4-9-13(14(12)24-2)16(20)25-15(9)17-10-7-8(18(21)22)3-5-11(10)19/h3-7,15,17,19H,1-2H3/t15-/m0/s1. The normalized spacial score (nSPS) is 15.3. The number of methoxy groups -OCH3 is 2. The molecule has 2 aromatic carbocycles. The third-order valence-corrected chi connectivity index (χ3v) is 3.77. The molecule has 0 radical (unpaired) electrons. The molecule has 0 saturated heterocycles. The molecular weight excluding hydrogens is 332 g/mol. The summed E-state index contributed by atoms with van der Waals surface area (Å²) in [4.78, 5) is 22.5. The van der Waals surface area contributed by atoms with Crippen LogP contribution in [0, 0.1) is 10.1 Å². The number of cyclic esters (lactones) is 1. The monoisotopic (exact) mass is 346 g/mol. The average molecular weight is 346 g/mol. The summed E-state index contributed by atoms with van der Waals surface area (Å²) in [5.74, 6) is -0.238. The number of aromatic hydroxyl groups is 1. The fraction of sp³-hybridized carbons (Fsp3) is 0.188. The van der Waals surface area contributed by atoms with Crippen molar-refractivity contribution in [2.45, 2.75) is 6.23 Å². The van der Waals surface area contributed by atoms with Crippen molar-refractivity contribution >= 4 is 17.3 Å². The highest BCUT2D eigenvalue weighted by molar-refractivity contribution is 5.98. The second kappa shape index (κ2) is 6.19. The Morgan fingerprint density at radius 3 is 2.64 bits per heavy atom. The first kappa shape index (κ1) is 16.4. The lowest BCUT2D eigenvalue weighted by atomic mass is 10.1. The fourth-order valence-corrected chi connectivity index (χ4v) is 2.60. The molecule has 0 bridgehead atoms. The van der Waals surface area contributed by atoms with E-state index in [-0.39, 0.29) is 28.4 Å². The van der Waals surface area contributed by atoms with E-state index in [1.54, 1.807) is 12.1 Å². The summed E-state index contributed by atoms with van der Waals surface area (Å²) >= 11 is 0. The number of hydrogen-bond donors (Lipinski definition) is 2. The van der Waals surface area contributed by atoms with Crippen molar-refractivity contribution in [3.05, 3.63) is 51.6 Å². The summed E-state index contributed by atoms with van der Waals surface area (Å²) in [5.41, 5.74) is 0.518. The van der Waals surface area contributed by atoms with Gasteiger partial charge in [-0.3, -0.25) is 10.1 Å². The first-order chi connectivity index (χ1) is 12.0. The van der Waals surface area contributed by atoms with Crippen LogP contribution in [0.2, 0.25) is 0 Å². The van der Waals surface area contributed by atoms with Gasteiger partial charge < -0.3 is 24.6 Å². The van der Waals surface area contributed by atoms with Crippen molar-refractivity contribution < 1.29 is 29.0 Å². The number of esters is 1. The van der Waals surface area contributed by atoms with Gasteiger partial charge in [0.05, 0.1) is 24.8 Å². The first-order valence-electron chi connectivity index (χ1n) is 7.16. The van der Waals surface area contributed by atoms with Crippen molar-refractivity contribution in [2.24, 2.45) is 0 Å². The molecule has 0 saturated carbocycles. The molecule has 3 rings (SSSR count). The highest BCUT2D eigenvalue weighted by Gasteiger charge is 2.36. The molecular formula is C16H14N2O7. The highest BCUT2D eigenvalue weighted by Crippen LogP contribution is 2.43. The van der Waals surface area contributed by atoms with E-state index in [0.717, 1.165) is 6.07 Å². The Hall–Kier alpha value is -3.49. The second-order valence-corrected chi connectivity index (χ2v) is 5.15. The van der Waals surface area contributed by atoms with Crippen LogP contribution in [-0.4, -0.2) is 30.2 Å². The summed E-state index contributed by atoms with van der Waals surface area (Å²) in [6, 6.07) is 6.74. The number of fused-ring (bicyclic) bond motifs is 1. The van der Waals surface area contributed by atoms with Gasteiger partial charge in [-0.15, -0.1) is 0 Å². The predicted octanol–water partition coefficient (Wildman–Crippen LogP) is 2.60. The lowest BCUT2D eigenvalue weighted by Gasteiger charge is -2.15. The van der Waals surface area contributed by atoms with Crippen molar-refractivity contribution in [2.75, 3.05) is 19.5 Å². The molecule has 0 spiro atoms. The number of anilines is 1. The second-order valence-electron chi connectivity index (χ2n) is 5.15. The molecule has 0 fully saturated rings. The van der Waals surface area contributed by atoms with Gasteiger partial charge in [-0.05, 0) is 18.2 Å². The molecule has 1 heterocycles. The number of ether oxygens (including phenoxy) is 3. The molecule has 2 aromatic rings. The van der Waals surface area contributed by atoms with E-state index in [1.165, 1.54) is 26.4 Å². The molecule has 0 aliphatic carbocycles. The fourth-order valence-electron chi connectivity index (χ4n) is 2.60. The summed E-state index contributed by atoms with van der Waals surface area (Å²) in [6.07, 6.45) is -0.935. The van der Waals surface area contributed by atoms with Crippen molar-refractivity contribution in [3.63, 3.8) is 0 Å². The molecule has 1 atom stereocenters. The number of phenolic OH excluding ortho intramolecular Hbond substituents is 1. The lowest BCUT2D eigenvalue weighted by Crippen LogP contribution is -2.10. The Morgan fingerprint density at radius 1 is 1.24 bits per heavy atom. The molecule has 2 N–H and O–H groups in total. The van der Waals surface area contributed by atoms with Crippen molar-refractivity contribution in [3.8, 4) is 17.2 Å². The topological polar surface area (TPSA) is 120 Å². The number of nitro groups is 1. The maximum absolute atomic E-state index is 12.2. The quantitative estimate of drug-likeness (QED) is 0.367. The number of nitrogens with one attached hydrogen (secondary N) is 1. The maximum atomic E-state index is 12.2. The van der Waals surface area contributed by atoms with E-state index in [2.05, 4.69) is 5.32 Å². The van der Waals surface area contributed by atoms with E-state index < -0.39 is 17.1 Å². The first-order valence-corrected chi connectivity index (χ1v) is 7.16. The molecule has 1 aliphatic heterocycles. The number of hydrogen-bond acceptors (Lipinski definition) is 8. The van der Waals surface area contributed by atoms with Crippen molar-refractivity contribution in [1.29, 1.82) is 0 Å². The van der Waals surface area contributed by atoms with Gasteiger partial charge in [-0.25, -0.2) is 4.79 Å². The molecule has 130 valence electrons. The predicted molar refractivity (Wildman–Crippen MR) is 86.1 cm³/mol. The van der Waals surface area contributed by atoms with Crippen LogP contribution in [0.25, 0.3) is 0 Å². The van der Waals surface area contributed by atoms with E-state index >= 15 is 0 Å². The summed E-state index contributed by atoms with van der Waals surface area (Å²) in [7, 11) is 2.85. The molecule has 9 heteroatoms. The molecule has 25 heavy (non-hydrogen) atoms. The van der Waals surface area contributed by atoms with Crippen LogP contribution in [0.4, 0.5) is 11.4 Å². The van der Waals surface area contributed by atoms with Gasteiger partial charge in [0, 0.05) is 17.7 Å². The van der Waals surface area contributed by atoms with Crippen LogP contribution >= 0.6 is 0 Å². The zero-order chi connectivity index (χ0) is 18.1. The smallest absolute Gasteiger partial charge is 0.344 e. The number of non-ortho nitro benzene ring substituents is 1. The van der Waals surface area contributed by atoms with Crippen LogP contribution in [0.3, 0.4) is 0 Å². The van der Waals surface area contributed by atoms with Gasteiger partial charge in [0.2, 0.25) is 6.23 Å². The van der Waals surface area contributed by atoms with Crippen LogP contribution < -0.4 is 14.8 Å². The maximum Gasteiger partial charge on any atom is 0.344 e. The molecule has 9 nitrogen and oxygen atoms in total. The Balaban J connectivity index is 2.00. The number of rotatable bonds is 5. The summed E-state index contributed by atoms with van der Waals surface area (Å²) in [6.45, 7) is 0. The Morgan fingerprint density at radius 2 is 2.00 bits per heavy atom. The van der Waals surface area contributed by atoms with Gasteiger partial charge in [0.25, 0.3) is 5.69 Å². The summed E-state index contributed by atoms with van der Waals surface area (Å²) < 4.78 is 15.7. The van der Waals surface area contributed by atoms with E-state index in [9.17, 15) is 20.0 Å². The SMILES string of the molecule is COc1ccc2c(c1OC)C(=O)O[C@@H]2Nc1cc([N+](=O)[O-])ccc1O. The minimum atomic E-state index is -0.935. The van der Waals surface area contributed by atoms with Gasteiger partial charge in [-0.2, -0.15) is 0 Å². The third kappa shape index (κ3) is 2.75. The molecule has 0 aromatic heterocycles. The van der Waals surface area contributed by atoms with Gasteiger partial charge in [-0.1, -0.05) is 0 Å². The number of carbonyl (C=O) groups excluding carboxylic acids is 1. The molecule has 1 aliphatic rings. The zero-order valence-electron chi connectivity index (χ0n) is 13.3. The van der Waals surface area contributed by atoms with Crippen LogP contribution in [0.15, 0.2) is 30.3 Å². The third-order valence-electron chi connectivity index (χ3n) is 3.77. The van der Waals surface area contributed by atoms with Gasteiger partial charge in [0.1, 0.15) is 11.3 Å². The average Bonchev–Trinajstić information content (AvgIpc) is 2.91. The largest absolute Gasteiger partial charge is 0.506 e.